The molecule has 21 heavy (non-hydrogen) atoms. The van der Waals surface area contributed by atoms with Gasteiger partial charge in [0.05, 0.1) is 17.6 Å². The van der Waals surface area contributed by atoms with Crippen molar-refractivity contribution in [2.45, 2.75) is 4.90 Å². The highest BCUT2D eigenvalue weighted by atomic mass is 32.2. The molecule has 0 bridgehead atoms. The van der Waals surface area contributed by atoms with E-state index in [0.717, 1.165) is 0 Å². The molecule has 0 saturated carbocycles. The van der Waals surface area contributed by atoms with E-state index in [-0.39, 0.29) is 22.0 Å². The van der Waals surface area contributed by atoms with E-state index in [2.05, 4.69) is 4.74 Å². The molecule has 0 fully saturated rings. The number of hydrogen-bond acceptors (Lipinski definition) is 5. The average molecular weight is 308 g/mol. The van der Waals surface area contributed by atoms with Crippen LogP contribution in [-0.2, 0) is 15.8 Å². The molecule has 0 heterocycles. The maximum absolute atomic E-state index is 11.4. The molecule has 1 atom stereocenters. The highest BCUT2D eigenvalue weighted by Gasteiger charge is 2.10. The zero-order valence-corrected chi connectivity index (χ0v) is 11.8. The third-order valence-electron chi connectivity index (χ3n) is 2.57. The minimum absolute atomic E-state index is 0.138. The van der Waals surface area contributed by atoms with Crippen LogP contribution in [0.25, 0.3) is 0 Å². The summed E-state index contributed by atoms with van der Waals surface area (Å²) in [5, 5.41) is 9.57. The number of hydrogen-bond donors (Lipinski definition) is 2. The van der Waals surface area contributed by atoms with Gasteiger partial charge in [-0.3, -0.25) is 0 Å². The fourth-order valence-corrected chi connectivity index (χ4v) is 2.01. The fourth-order valence-electron chi connectivity index (χ4n) is 1.64. The lowest BCUT2D eigenvalue weighted by Crippen LogP contribution is -2.01. The van der Waals surface area contributed by atoms with Gasteiger partial charge in [-0.15, -0.1) is 0 Å². The number of benzene rings is 2. The van der Waals surface area contributed by atoms with E-state index in [1.807, 2.05) is 0 Å². The summed E-state index contributed by atoms with van der Waals surface area (Å²) in [6.45, 7) is 0. The van der Waals surface area contributed by atoms with Crippen molar-refractivity contribution in [2.75, 3.05) is 7.11 Å². The normalized spacial score (nSPS) is 11.7. The molecule has 0 spiro atoms. The molecular formula is C14H12O6S. The van der Waals surface area contributed by atoms with Gasteiger partial charge in [0.2, 0.25) is 0 Å². The zero-order valence-electron chi connectivity index (χ0n) is 11.0. The Morgan fingerprint density at radius 2 is 1.76 bits per heavy atom. The first-order valence-electron chi connectivity index (χ1n) is 5.81. The summed E-state index contributed by atoms with van der Waals surface area (Å²) < 4.78 is 29.8. The molecule has 0 radical (unpaired) electrons. The number of aromatic hydroxyl groups is 1. The fraction of sp³-hybridized carbons (Fsp3) is 0.0714. The smallest absolute Gasteiger partial charge is 0.338 e. The third-order valence-corrected chi connectivity index (χ3v) is 3.25. The van der Waals surface area contributed by atoms with Crippen molar-refractivity contribution in [1.82, 2.24) is 0 Å². The highest BCUT2D eigenvalue weighted by Crippen LogP contribution is 2.27. The molecule has 0 aliphatic rings. The molecule has 2 aromatic rings. The van der Waals surface area contributed by atoms with E-state index in [1.54, 1.807) is 0 Å². The molecule has 0 aliphatic heterocycles. The van der Waals surface area contributed by atoms with Crippen LogP contribution in [0.1, 0.15) is 10.4 Å². The Hall–Kier alpha value is -2.38. The Balaban J connectivity index is 2.24. The molecule has 0 aromatic heterocycles. The Labute approximate surface area is 123 Å². The van der Waals surface area contributed by atoms with Gasteiger partial charge in [0.15, 0.2) is 11.1 Å². The standard InChI is InChI=1S/C14H12O6S/c1-19-14(16)9-6-10(15)8-12(7-9)20-11-2-4-13(5-3-11)21(17)18/h2-8,15H,1H3,(H,17,18). The number of carbonyl (C=O) groups is 1. The lowest BCUT2D eigenvalue weighted by Gasteiger charge is -2.08. The maximum atomic E-state index is 11.4. The van der Waals surface area contributed by atoms with E-state index >= 15 is 0 Å². The van der Waals surface area contributed by atoms with Crippen LogP contribution in [-0.4, -0.2) is 26.9 Å². The second kappa shape index (κ2) is 6.38. The molecule has 6 nitrogen and oxygen atoms in total. The Morgan fingerprint density at radius 3 is 2.33 bits per heavy atom. The second-order valence-corrected chi connectivity index (χ2v) is 5.00. The largest absolute Gasteiger partial charge is 0.508 e. The first kappa shape index (κ1) is 15.0. The third kappa shape index (κ3) is 3.80. The Bertz CT molecular complexity index is 680. The van der Waals surface area contributed by atoms with Gasteiger partial charge in [0.1, 0.15) is 17.2 Å². The zero-order chi connectivity index (χ0) is 15.4. The van der Waals surface area contributed by atoms with E-state index in [4.69, 9.17) is 9.29 Å². The van der Waals surface area contributed by atoms with E-state index in [9.17, 15) is 14.1 Å². The molecule has 0 aliphatic carbocycles. The van der Waals surface area contributed by atoms with Crippen LogP contribution < -0.4 is 4.74 Å². The molecule has 2 rings (SSSR count). The first-order valence-corrected chi connectivity index (χ1v) is 6.91. The topological polar surface area (TPSA) is 93.1 Å². The minimum atomic E-state index is -2.06. The second-order valence-electron chi connectivity index (χ2n) is 4.03. The molecular weight excluding hydrogens is 296 g/mol. The number of carbonyl (C=O) groups excluding carboxylic acids is 1. The quantitative estimate of drug-likeness (QED) is 0.666. The number of esters is 1. The Morgan fingerprint density at radius 1 is 1.10 bits per heavy atom. The summed E-state index contributed by atoms with van der Waals surface area (Å²) in [6, 6.07) is 9.91. The summed E-state index contributed by atoms with van der Waals surface area (Å²) in [5.74, 6) is -0.0957. The number of rotatable bonds is 4. The van der Waals surface area contributed by atoms with Crippen molar-refractivity contribution in [1.29, 1.82) is 0 Å². The maximum Gasteiger partial charge on any atom is 0.338 e. The number of methoxy groups -OCH3 is 1. The van der Waals surface area contributed by atoms with Crippen LogP contribution in [0.3, 0.4) is 0 Å². The summed E-state index contributed by atoms with van der Waals surface area (Å²) in [4.78, 5) is 11.7. The average Bonchev–Trinajstić information content (AvgIpc) is 2.46. The Kier molecular flexibility index (Phi) is 4.56. The molecule has 2 N–H and O–H groups in total. The summed E-state index contributed by atoms with van der Waals surface area (Å²) in [7, 11) is 1.24. The van der Waals surface area contributed by atoms with Crippen molar-refractivity contribution in [3.63, 3.8) is 0 Å². The van der Waals surface area contributed by atoms with Gasteiger partial charge >= 0.3 is 5.97 Å². The minimum Gasteiger partial charge on any atom is -0.508 e. The van der Waals surface area contributed by atoms with Crippen molar-refractivity contribution in [2.24, 2.45) is 0 Å². The number of phenolic OH excluding ortho intramolecular Hbond substituents is 1. The van der Waals surface area contributed by atoms with Gasteiger partial charge in [-0.05, 0) is 36.4 Å². The predicted octanol–water partition coefficient (Wildman–Crippen LogP) is 2.55. The summed E-state index contributed by atoms with van der Waals surface area (Å²) in [6.07, 6.45) is 0. The molecule has 2 aromatic carbocycles. The molecule has 110 valence electrons. The van der Waals surface area contributed by atoms with E-state index in [0.29, 0.717) is 5.75 Å². The molecule has 1 unspecified atom stereocenters. The van der Waals surface area contributed by atoms with Crippen molar-refractivity contribution >= 4 is 17.0 Å². The van der Waals surface area contributed by atoms with Gasteiger partial charge in [-0.25, -0.2) is 9.00 Å². The van der Waals surface area contributed by atoms with Crippen molar-refractivity contribution in [3.8, 4) is 17.2 Å². The van der Waals surface area contributed by atoms with Gasteiger partial charge in [-0.2, -0.15) is 0 Å². The molecule has 7 heteroatoms. The van der Waals surface area contributed by atoms with Gasteiger partial charge in [-0.1, -0.05) is 0 Å². The van der Waals surface area contributed by atoms with Crippen molar-refractivity contribution in [3.05, 3.63) is 48.0 Å². The number of ether oxygens (including phenoxy) is 2. The van der Waals surface area contributed by atoms with Crippen LogP contribution >= 0.6 is 0 Å². The van der Waals surface area contributed by atoms with Crippen LogP contribution in [0.4, 0.5) is 0 Å². The molecule has 0 amide bonds. The predicted molar refractivity (Wildman–Crippen MR) is 75.0 cm³/mol. The lowest BCUT2D eigenvalue weighted by molar-refractivity contribution is 0.0600. The lowest BCUT2D eigenvalue weighted by atomic mass is 10.2. The van der Waals surface area contributed by atoms with E-state index in [1.165, 1.54) is 49.6 Å². The summed E-state index contributed by atoms with van der Waals surface area (Å²) in [5.41, 5.74) is 0.153. The van der Waals surface area contributed by atoms with Crippen LogP contribution in [0.5, 0.6) is 17.2 Å². The first-order chi connectivity index (χ1) is 9.99. The highest BCUT2D eigenvalue weighted by molar-refractivity contribution is 7.79. The van der Waals surface area contributed by atoms with E-state index < -0.39 is 17.0 Å². The summed E-state index contributed by atoms with van der Waals surface area (Å²) >= 11 is -2.06. The van der Waals surface area contributed by atoms with Crippen LogP contribution in [0, 0.1) is 0 Å². The SMILES string of the molecule is COC(=O)c1cc(O)cc(Oc2ccc(S(=O)O)cc2)c1. The number of phenols is 1. The van der Waals surface area contributed by atoms with Gasteiger partial charge < -0.3 is 19.1 Å². The molecule has 0 saturated heterocycles. The van der Waals surface area contributed by atoms with Gasteiger partial charge in [0.25, 0.3) is 0 Å². The monoisotopic (exact) mass is 308 g/mol. The van der Waals surface area contributed by atoms with Crippen LogP contribution in [0.15, 0.2) is 47.4 Å². The van der Waals surface area contributed by atoms with Crippen LogP contribution in [0.2, 0.25) is 0 Å². The van der Waals surface area contributed by atoms with Gasteiger partial charge in [0, 0.05) is 6.07 Å². The van der Waals surface area contributed by atoms with Crippen molar-refractivity contribution < 1.29 is 28.1 Å².